The Kier molecular flexibility index (Phi) is 4.28. The molecule has 0 saturated heterocycles. The van der Waals surface area contributed by atoms with Crippen LogP contribution in [0.1, 0.15) is 23.1 Å². The second-order valence-corrected chi connectivity index (χ2v) is 6.60. The molecule has 2 heterocycles. The molecular weight excluding hydrogens is 386 g/mol. The molecule has 0 radical (unpaired) electrons. The highest BCUT2D eigenvalue weighted by molar-refractivity contribution is 7.93. The van der Waals surface area contributed by atoms with Crippen molar-refractivity contribution in [3.05, 3.63) is 47.3 Å². The molecule has 0 saturated carbocycles. The lowest BCUT2D eigenvalue weighted by Gasteiger charge is -2.17. The van der Waals surface area contributed by atoms with Gasteiger partial charge in [0.05, 0.1) is 28.5 Å². The number of rotatable bonds is 3. The van der Waals surface area contributed by atoms with Crippen LogP contribution in [0.5, 0.6) is 11.5 Å². The number of halogens is 6. The Morgan fingerprint density at radius 2 is 1.88 bits per heavy atom. The summed E-state index contributed by atoms with van der Waals surface area (Å²) in [6.45, 7) is 0. The number of nitriles is 1. The van der Waals surface area contributed by atoms with Crippen molar-refractivity contribution in [3.8, 4) is 17.6 Å². The third-order valence-electron chi connectivity index (χ3n) is 3.57. The van der Waals surface area contributed by atoms with Crippen LogP contribution in [0.3, 0.4) is 0 Å². The van der Waals surface area contributed by atoms with E-state index in [1.807, 2.05) is 0 Å². The van der Waals surface area contributed by atoms with Gasteiger partial charge in [0.25, 0.3) is 6.43 Å². The van der Waals surface area contributed by atoms with Gasteiger partial charge in [0, 0.05) is 12.3 Å². The second-order valence-electron chi connectivity index (χ2n) is 5.14. The molecule has 0 fully saturated rings. The number of ether oxygens (including phenoxy) is 1. The number of fused-ring (bicyclic) bond motifs is 1. The number of hydrogen-bond acceptors (Lipinski definition) is 4. The van der Waals surface area contributed by atoms with Crippen LogP contribution < -0.4 is 4.74 Å². The number of hydrogen-bond donors (Lipinski definition) is 0. The summed E-state index contributed by atoms with van der Waals surface area (Å²) in [6, 6.07) is 3.97. The smallest absolute Gasteiger partial charge is 0.481 e. The zero-order valence-corrected chi connectivity index (χ0v) is 13.2. The van der Waals surface area contributed by atoms with Crippen molar-refractivity contribution in [1.29, 1.82) is 5.26 Å². The summed E-state index contributed by atoms with van der Waals surface area (Å²) in [5.41, 5.74) is -2.74. The van der Waals surface area contributed by atoms with Gasteiger partial charge >= 0.3 is 11.2 Å². The lowest BCUT2D eigenvalue weighted by Crippen LogP contribution is -2.38. The molecule has 0 spiro atoms. The van der Waals surface area contributed by atoms with Crippen molar-refractivity contribution in [1.82, 2.24) is 4.98 Å². The Balaban J connectivity index is 2.16. The molecule has 1 aromatic carbocycles. The highest BCUT2D eigenvalue weighted by atomic mass is 32.2. The Morgan fingerprint density at radius 3 is 2.50 bits per heavy atom. The molecule has 1 atom stereocenters. The van der Waals surface area contributed by atoms with E-state index in [1.54, 1.807) is 6.07 Å². The SMILES string of the molecule is N#Cc1cncc(Oc2ccc3c(c2C(F)F)[S+]([O-])C(F)(F)C3(F)F)c1. The molecule has 0 bridgehead atoms. The minimum Gasteiger partial charge on any atom is -0.606 e. The molecule has 0 N–H and O–H groups in total. The summed E-state index contributed by atoms with van der Waals surface area (Å²) in [5, 5.41) is 3.75. The summed E-state index contributed by atoms with van der Waals surface area (Å²) < 4.78 is 98.6. The van der Waals surface area contributed by atoms with Crippen LogP contribution in [0.2, 0.25) is 0 Å². The van der Waals surface area contributed by atoms with E-state index in [0.717, 1.165) is 18.5 Å². The van der Waals surface area contributed by atoms with Gasteiger partial charge in [0.2, 0.25) is 0 Å². The Hall–Kier alpha value is -2.45. The third kappa shape index (κ3) is 2.57. The summed E-state index contributed by atoms with van der Waals surface area (Å²) in [7, 11) is 0. The third-order valence-corrected chi connectivity index (χ3v) is 5.10. The van der Waals surface area contributed by atoms with Crippen LogP contribution in [0.25, 0.3) is 0 Å². The van der Waals surface area contributed by atoms with Crippen molar-refractivity contribution in [2.24, 2.45) is 0 Å². The fraction of sp³-hybridized carbons (Fsp3) is 0.200. The summed E-state index contributed by atoms with van der Waals surface area (Å²) in [4.78, 5) is 2.27. The van der Waals surface area contributed by atoms with Crippen LogP contribution in [0, 0.1) is 11.3 Å². The van der Waals surface area contributed by atoms with E-state index >= 15 is 0 Å². The van der Waals surface area contributed by atoms with Crippen LogP contribution in [0.15, 0.2) is 35.5 Å². The first kappa shape index (κ1) is 18.3. The van der Waals surface area contributed by atoms with Crippen molar-refractivity contribution >= 4 is 11.2 Å². The largest absolute Gasteiger partial charge is 0.606 e. The van der Waals surface area contributed by atoms with Gasteiger partial charge in [-0.25, -0.2) is 8.78 Å². The average Bonchev–Trinajstić information content (AvgIpc) is 2.72. The van der Waals surface area contributed by atoms with E-state index in [-0.39, 0.29) is 11.3 Å². The minimum atomic E-state index is -5.03. The fourth-order valence-electron chi connectivity index (χ4n) is 2.39. The summed E-state index contributed by atoms with van der Waals surface area (Å²) in [5.74, 6) is -5.80. The number of alkyl halides is 6. The lowest BCUT2D eigenvalue weighted by atomic mass is 10.0. The van der Waals surface area contributed by atoms with Gasteiger partial charge in [-0.1, -0.05) is 0 Å². The van der Waals surface area contributed by atoms with Crippen LogP contribution in [-0.4, -0.2) is 14.8 Å². The van der Waals surface area contributed by atoms with E-state index in [4.69, 9.17) is 10.00 Å². The Bertz CT molecular complexity index is 915. The van der Waals surface area contributed by atoms with Crippen molar-refractivity contribution in [3.63, 3.8) is 0 Å². The maximum atomic E-state index is 13.8. The molecule has 2 aromatic rings. The second kappa shape index (κ2) is 6.07. The topological polar surface area (TPSA) is 69.0 Å². The Labute approximate surface area is 145 Å². The molecule has 0 amide bonds. The van der Waals surface area contributed by atoms with Gasteiger partial charge in [-0.3, -0.25) is 4.98 Å². The average molecular weight is 392 g/mol. The van der Waals surface area contributed by atoms with Gasteiger partial charge < -0.3 is 9.29 Å². The van der Waals surface area contributed by atoms with Gasteiger partial charge in [-0.05, 0) is 12.1 Å². The molecule has 0 aliphatic carbocycles. The maximum absolute atomic E-state index is 13.8. The van der Waals surface area contributed by atoms with E-state index in [9.17, 15) is 30.9 Å². The maximum Gasteiger partial charge on any atom is 0.481 e. The molecule has 136 valence electrons. The van der Waals surface area contributed by atoms with Crippen molar-refractivity contribution in [2.75, 3.05) is 0 Å². The monoisotopic (exact) mass is 392 g/mol. The van der Waals surface area contributed by atoms with E-state index < -0.39 is 50.6 Å². The quantitative estimate of drug-likeness (QED) is 0.570. The van der Waals surface area contributed by atoms with Gasteiger partial charge in [0.15, 0.2) is 4.90 Å². The molecule has 1 aromatic heterocycles. The van der Waals surface area contributed by atoms with Crippen molar-refractivity contribution in [2.45, 2.75) is 22.5 Å². The van der Waals surface area contributed by atoms with E-state index in [0.29, 0.717) is 12.1 Å². The lowest BCUT2D eigenvalue weighted by molar-refractivity contribution is -0.158. The minimum absolute atomic E-state index is 0.0175. The van der Waals surface area contributed by atoms with Gasteiger partial charge in [-0.2, -0.15) is 14.0 Å². The molecule has 1 unspecified atom stereocenters. The van der Waals surface area contributed by atoms with Gasteiger partial charge in [-0.15, -0.1) is 8.78 Å². The van der Waals surface area contributed by atoms with Crippen molar-refractivity contribution < 1.29 is 35.6 Å². The predicted octanol–water partition coefficient (Wildman–Crippen LogP) is 4.49. The molecule has 1 aliphatic heterocycles. The highest BCUT2D eigenvalue weighted by Gasteiger charge is 2.75. The zero-order valence-electron chi connectivity index (χ0n) is 12.4. The number of pyridine rings is 1. The standard InChI is InChI=1S/C15H6F6N2O2S/c16-13(17)11-10(25-8-3-7(4-22)5-23-6-8)2-1-9-12(11)26(24)15(20,21)14(9,18)19/h1-3,5-6,13H. The van der Waals surface area contributed by atoms with Crippen LogP contribution in [-0.2, 0) is 17.1 Å². The molecular formula is C15H6F6N2O2S. The van der Waals surface area contributed by atoms with Crippen LogP contribution in [0.4, 0.5) is 26.3 Å². The number of benzene rings is 1. The number of nitrogens with zero attached hydrogens (tertiary/aromatic N) is 2. The first-order valence-electron chi connectivity index (χ1n) is 6.77. The zero-order chi connectivity index (χ0) is 19.3. The normalized spacial score (nSPS) is 19.9. The van der Waals surface area contributed by atoms with Gasteiger partial charge in [0.1, 0.15) is 23.1 Å². The van der Waals surface area contributed by atoms with E-state index in [2.05, 4.69) is 4.98 Å². The summed E-state index contributed by atoms with van der Waals surface area (Å²) >= 11 is -3.70. The molecule has 1 aliphatic rings. The summed E-state index contributed by atoms with van der Waals surface area (Å²) in [6.07, 6.45) is -1.32. The highest BCUT2D eigenvalue weighted by Crippen LogP contribution is 2.59. The van der Waals surface area contributed by atoms with Crippen LogP contribution >= 0.6 is 0 Å². The molecule has 11 heteroatoms. The first-order valence-corrected chi connectivity index (χ1v) is 7.92. The first-order chi connectivity index (χ1) is 12.1. The fourth-order valence-corrected chi connectivity index (χ4v) is 3.77. The molecule has 26 heavy (non-hydrogen) atoms. The molecule has 3 rings (SSSR count). The molecule has 4 nitrogen and oxygen atoms in total. The predicted molar refractivity (Wildman–Crippen MR) is 75.7 cm³/mol. The van der Waals surface area contributed by atoms with E-state index in [1.165, 1.54) is 0 Å². The Morgan fingerprint density at radius 1 is 1.19 bits per heavy atom. The number of aromatic nitrogens is 1.